The topological polar surface area (TPSA) is 102 Å². The third-order valence-electron chi connectivity index (χ3n) is 4.68. The fraction of sp³-hybridized carbons (Fsp3) is 0.529. The van der Waals surface area contributed by atoms with E-state index < -0.39 is 0 Å². The van der Waals surface area contributed by atoms with Crippen LogP contribution in [0.15, 0.2) is 18.2 Å². The summed E-state index contributed by atoms with van der Waals surface area (Å²) in [7, 11) is 3.27. The average molecular weight is 332 g/mol. The van der Waals surface area contributed by atoms with Crippen molar-refractivity contribution in [2.24, 2.45) is 11.7 Å². The number of imidazole rings is 1. The van der Waals surface area contributed by atoms with Gasteiger partial charge in [0.25, 0.3) is 0 Å². The van der Waals surface area contributed by atoms with E-state index in [0.717, 1.165) is 35.4 Å². The second-order valence-corrected chi connectivity index (χ2v) is 6.23. The molecule has 1 amide bonds. The van der Waals surface area contributed by atoms with Crippen LogP contribution < -0.4 is 15.8 Å². The van der Waals surface area contributed by atoms with Crippen LogP contribution in [0.5, 0.6) is 5.75 Å². The van der Waals surface area contributed by atoms with Gasteiger partial charge in [0, 0.05) is 25.1 Å². The predicted molar refractivity (Wildman–Crippen MR) is 90.6 cm³/mol. The summed E-state index contributed by atoms with van der Waals surface area (Å²) in [6, 6.07) is 5.66. The molecule has 1 aliphatic rings. The number of carbonyl (C=O) groups excluding carboxylic acids is 1. The van der Waals surface area contributed by atoms with Gasteiger partial charge in [0.05, 0.1) is 30.8 Å². The van der Waals surface area contributed by atoms with Crippen molar-refractivity contribution in [2.45, 2.75) is 38.0 Å². The molecular formula is C17H24N4O3. The van der Waals surface area contributed by atoms with Crippen LogP contribution in [0, 0.1) is 5.92 Å². The zero-order chi connectivity index (χ0) is 17.1. The van der Waals surface area contributed by atoms with Gasteiger partial charge in [0.1, 0.15) is 11.6 Å². The average Bonchev–Trinajstić information content (AvgIpc) is 3.01. The lowest BCUT2D eigenvalue weighted by molar-refractivity contribution is -0.128. The molecule has 1 aromatic heterocycles. The number of aromatic amines is 1. The van der Waals surface area contributed by atoms with E-state index in [0.29, 0.717) is 13.0 Å². The Morgan fingerprint density at radius 2 is 2.25 bits per heavy atom. The number of rotatable bonds is 5. The summed E-state index contributed by atoms with van der Waals surface area (Å²) in [5, 5.41) is 2.96. The van der Waals surface area contributed by atoms with Gasteiger partial charge in [-0.15, -0.1) is 0 Å². The molecule has 0 saturated heterocycles. The molecule has 0 aliphatic heterocycles. The highest BCUT2D eigenvalue weighted by Gasteiger charge is 2.31. The molecule has 0 radical (unpaired) electrons. The van der Waals surface area contributed by atoms with Crippen LogP contribution in [0.1, 0.15) is 25.1 Å². The molecule has 4 N–H and O–H groups in total. The molecular weight excluding hydrogens is 308 g/mol. The molecule has 130 valence electrons. The van der Waals surface area contributed by atoms with Crippen molar-refractivity contribution in [1.29, 1.82) is 0 Å². The maximum Gasteiger partial charge on any atom is 0.223 e. The van der Waals surface area contributed by atoms with Crippen LogP contribution in [-0.2, 0) is 16.1 Å². The van der Waals surface area contributed by atoms with Crippen molar-refractivity contribution in [3.63, 3.8) is 0 Å². The Hall–Kier alpha value is -2.12. The Morgan fingerprint density at radius 1 is 1.42 bits per heavy atom. The third kappa shape index (κ3) is 3.52. The molecule has 3 rings (SSSR count). The Morgan fingerprint density at radius 3 is 3.00 bits per heavy atom. The van der Waals surface area contributed by atoms with E-state index in [-0.39, 0.29) is 24.0 Å². The molecule has 24 heavy (non-hydrogen) atoms. The Bertz CT molecular complexity index is 715. The molecule has 0 bridgehead atoms. The number of nitrogens with one attached hydrogen (secondary N) is 2. The number of nitrogens with two attached hydrogens (primary N) is 1. The first-order valence-electron chi connectivity index (χ1n) is 8.19. The molecule has 1 aliphatic carbocycles. The SMILES string of the molecule is COc1ccc2nc(CNC(=O)[C@H]3CC[C@@H](N)[C@H](OC)C3)[nH]c2c1. The molecule has 1 heterocycles. The molecule has 7 heteroatoms. The van der Waals surface area contributed by atoms with E-state index >= 15 is 0 Å². The molecule has 1 fully saturated rings. The number of nitrogens with zero attached hydrogens (tertiary/aromatic N) is 1. The van der Waals surface area contributed by atoms with Gasteiger partial charge in [-0.05, 0) is 31.4 Å². The first-order valence-corrected chi connectivity index (χ1v) is 8.19. The van der Waals surface area contributed by atoms with Crippen LogP contribution in [0.4, 0.5) is 0 Å². The van der Waals surface area contributed by atoms with Gasteiger partial charge < -0.3 is 25.5 Å². The first kappa shape index (κ1) is 16.7. The number of benzene rings is 1. The van der Waals surface area contributed by atoms with Crippen LogP contribution in [-0.4, -0.2) is 42.2 Å². The zero-order valence-corrected chi connectivity index (χ0v) is 14.0. The maximum absolute atomic E-state index is 12.4. The van der Waals surface area contributed by atoms with Gasteiger partial charge in [0.2, 0.25) is 5.91 Å². The minimum atomic E-state index is -0.0563. The van der Waals surface area contributed by atoms with Crippen molar-refractivity contribution in [3.8, 4) is 5.75 Å². The molecule has 1 saturated carbocycles. The zero-order valence-electron chi connectivity index (χ0n) is 14.0. The van der Waals surface area contributed by atoms with Gasteiger partial charge >= 0.3 is 0 Å². The minimum Gasteiger partial charge on any atom is -0.497 e. The normalized spacial score (nSPS) is 24.0. The third-order valence-corrected chi connectivity index (χ3v) is 4.68. The summed E-state index contributed by atoms with van der Waals surface area (Å²) in [6.07, 6.45) is 2.22. The van der Waals surface area contributed by atoms with Gasteiger partial charge in [-0.1, -0.05) is 0 Å². The Labute approximate surface area is 140 Å². The highest BCUT2D eigenvalue weighted by molar-refractivity contribution is 5.79. The van der Waals surface area contributed by atoms with Crippen molar-refractivity contribution >= 4 is 16.9 Å². The van der Waals surface area contributed by atoms with Gasteiger partial charge in [-0.2, -0.15) is 0 Å². The number of H-pyrrole nitrogens is 1. The van der Waals surface area contributed by atoms with Gasteiger partial charge in [-0.25, -0.2) is 4.98 Å². The van der Waals surface area contributed by atoms with E-state index in [2.05, 4.69) is 15.3 Å². The molecule has 2 aromatic rings. The second kappa shape index (κ2) is 7.19. The van der Waals surface area contributed by atoms with E-state index in [4.69, 9.17) is 15.2 Å². The standard InChI is InChI=1S/C17H24N4O3/c1-23-11-4-6-13-14(8-11)21-16(20-13)9-19-17(22)10-3-5-12(18)15(7-10)24-2/h4,6,8,10,12,15H,3,5,7,9,18H2,1-2H3,(H,19,22)(H,20,21)/t10-,12+,15+/m0/s1. The highest BCUT2D eigenvalue weighted by Crippen LogP contribution is 2.25. The number of methoxy groups -OCH3 is 2. The quantitative estimate of drug-likeness (QED) is 0.766. The Balaban J connectivity index is 1.60. The lowest BCUT2D eigenvalue weighted by Crippen LogP contribution is -2.45. The molecule has 0 unspecified atom stereocenters. The Kier molecular flexibility index (Phi) is 5.01. The molecule has 7 nitrogen and oxygen atoms in total. The summed E-state index contributed by atoms with van der Waals surface area (Å²) >= 11 is 0. The monoisotopic (exact) mass is 332 g/mol. The fourth-order valence-electron chi connectivity index (χ4n) is 3.23. The predicted octanol–water partition coefficient (Wildman–Crippen LogP) is 1.33. The number of aromatic nitrogens is 2. The largest absolute Gasteiger partial charge is 0.497 e. The maximum atomic E-state index is 12.4. The summed E-state index contributed by atoms with van der Waals surface area (Å²) in [6.45, 7) is 0.371. The number of carbonyl (C=O) groups is 1. The van der Waals surface area contributed by atoms with Crippen LogP contribution in [0.3, 0.4) is 0 Å². The summed E-state index contributed by atoms with van der Waals surface area (Å²) < 4.78 is 10.6. The number of hydrogen-bond acceptors (Lipinski definition) is 5. The molecule has 0 spiro atoms. The van der Waals surface area contributed by atoms with E-state index in [1.165, 1.54) is 0 Å². The summed E-state index contributed by atoms with van der Waals surface area (Å²) in [5.74, 6) is 1.47. The second-order valence-electron chi connectivity index (χ2n) is 6.23. The van der Waals surface area contributed by atoms with Gasteiger partial charge in [-0.3, -0.25) is 4.79 Å². The van der Waals surface area contributed by atoms with Gasteiger partial charge in [0.15, 0.2) is 0 Å². The highest BCUT2D eigenvalue weighted by atomic mass is 16.5. The smallest absolute Gasteiger partial charge is 0.223 e. The number of amides is 1. The number of hydrogen-bond donors (Lipinski definition) is 3. The van der Waals surface area contributed by atoms with E-state index in [1.807, 2.05) is 18.2 Å². The van der Waals surface area contributed by atoms with Crippen molar-refractivity contribution in [2.75, 3.05) is 14.2 Å². The van der Waals surface area contributed by atoms with E-state index in [9.17, 15) is 4.79 Å². The molecule has 3 atom stereocenters. The summed E-state index contributed by atoms with van der Waals surface area (Å²) in [4.78, 5) is 20.1. The van der Waals surface area contributed by atoms with Crippen molar-refractivity contribution in [3.05, 3.63) is 24.0 Å². The first-order chi connectivity index (χ1) is 11.6. The lowest BCUT2D eigenvalue weighted by Gasteiger charge is -2.32. The fourth-order valence-corrected chi connectivity index (χ4v) is 3.23. The van der Waals surface area contributed by atoms with Crippen molar-refractivity contribution in [1.82, 2.24) is 15.3 Å². The van der Waals surface area contributed by atoms with Crippen LogP contribution in [0.25, 0.3) is 11.0 Å². The lowest BCUT2D eigenvalue weighted by atomic mass is 9.83. The summed E-state index contributed by atoms with van der Waals surface area (Å²) in [5.41, 5.74) is 7.74. The van der Waals surface area contributed by atoms with Crippen LogP contribution >= 0.6 is 0 Å². The minimum absolute atomic E-state index is 0.0180. The number of ether oxygens (including phenoxy) is 2. The number of fused-ring (bicyclic) bond motifs is 1. The van der Waals surface area contributed by atoms with E-state index in [1.54, 1.807) is 14.2 Å². The molecule has 1 aromatic carbocycles. The van der Waals surface area contributed by atoms with Crippen LogP contribution in [0.2, 0.25) is 0 Å². The van der Waals surface area contributed by atoms with Crippen molar-refractivity contribution < 1.29 is 14.3 Å².